The first kappa shape index (κ1) is 17.2. The zero-order valence-electron chi connectivity index (χ0n) is 14.1. The SMILES string of the molecule is COC(=O)c1ccc2c(c1)/C(=C(\C)Nc1ccc(C(=O)O)cc1)C(=O)N2. The van der Waals surface area contributed by atoms with Crippen molar-refractivity contribution in [1.82, 2.24) is 0 Å². The van der Waals surface area contributed by atoms with Gasteiger partial charge in [-0.05, 0) is 49.4 Å². The molecule has 7 heteroatoms. The van der Waals surface area contributed by atoms with Crippen molar-refractivity contribution in [1.29, 1.82) is 0 Å². The summed E-state index contributed by atoms with van der Waals surface area (Å²) >= 11 is 0. The normalized spacial score (nSPS) is 14.3. The Balaban J connectivity index is 1.96. The Hall–Kier alpha value is -3.61. The van der Waals surface area contributed by atoms with Gasteiger partial charge in [-0.15, -0.1) is 0 Å². The number of nitrogens with one attached hydrogen (secondary N) is 2. The van der Waals surface area contributed by atoms with Crippen molar-refractivity contribution < 1.29 is 24.2 Å². The highest BCUT2D eigenvalue weighted by molar-refractivity contribution is 6.32. The number of rotatable bonds is 4. The van der Waals surface area contributed by atoms with E-state index in [1.165, 1.54) is 19.2 Å². The van der Waals surface area contributed by atoms with Crippen molar-refractivity contribution in [3.8, 4) is 0 Å². The number of carboxylic acids is 1. The number of aromatic carboxylic acids is 1. The van der Waals surface area contributed by atoms with E-state index in [1.54, 1.807) is 37.3 Å². The van der Waals surface area contributed by atoms with Crippen LogP contribution in [0.3, 0.4) is 0 Å². The molecule has 2 aromatic carbocycles. The van der Waals surface area contributed by atoms with Crippen molar-refractivity contribution in [2.45, 2.75) is 6.92 Å². The smallest absolute Gasteiger partial charge is 0.337 e. The topological polar surface area (TPSA) is 105 Å². The summed E-state index contributed by atoms with van der Waals surface area (Å²) in [5.41, 5.74) is 3.36. The fourth-order valence-electron chi connectivity index (χ4n) is 2.76. The number of carbonyl (C=O) groups excluding carboxylic acids is 2. The predicted molar refractivity (Wildman–Crippen MR) is 96.0 cm³/mol. The average Bonchev–Trinajstić information content (AvgIpc) is 2.96. The highest BCUT2D eigenvalue weighted by atomic mass is 16.5. The number of hydrogen-bond donors (Lipinski definition) is 3. The van der Waals surface area contributed by atoms with Crippen molar-refractivity contribution in [3.05, 3.63) is 64.9 Å². The first-order chi connectivity index (χ1) is 12.4. The van der Waals surface area contributed by atoms with Gasteiger partial charge in [-0.3, -0.25) is 4.79 Å². The number of benzene rings is 2. The molecule has 3 N–H and O–H groups in total. The van der Waals surface area contributed by atoms with E-state index in [4.69, 9.17) is 9.84 Å². The second-order valence-electron chi connectivity index (χ2n) is 5.71. The molecule has 1 amide bonds. The van der Waals surface area contributed by atoms with Crippen LogP contribution in [0, 0.1) is 0 Å². The third kappa shape index (κ3) is 3.14. The zero-order valence-corrected chi connectivity index (χ0v) is 14.1. The Morgan fingerprint density at radius 1 is 1.08 bits per heavy atom. The van der Waals surface area contributed by atoms with Crippen LogP contribution >= 0.6 is 0 Å². The van der Waals surface area contributed by atoms with Gasteiger partial charge in [-0.2, -0.15) is 0 Å². The van der Waals surface area contributed by atoms with Gasteiger partial charge in [0.1, 0.15) is 0 Å². The quantitative estimate of drug-likeness (QED) is 0.577. The fraction of sp³-hybridized carbons (Fsp3) is 0.105. The molecule has 3 rings (SSSR count). The van der Waals surface area contributed by atoms with Crippen LogP contribution in [-0.4, -0.2) is 30.1 Å². The maximum atomic E-state index is 12.4. The van der Waals surface area contributed by atoms with Crippen LogP contribution in [0.2, 0.25) is 0 Å². The lowest BCUT2D eigenvalue weighted by Crippen LogP contribution is -2.09. The van der Waals surface area contributed by atoms with E-state index in [-0.39, 0.29) is 11.5 Å². The largest absolute Gasteiger partial charge is 0.478 e. The van der Waals surface area contributed by atoms with Crippen LogP contribution in [0.4, 0.5) is 11.4 Å². The van der Waals surface area contributed by atoms with Gasteiger partial charge in [0.15, 0.2) is 0 Å². The fourth-order valence-corrected chi connectivity index (χ4v) is 2.76. The molecule has 0 aliphatic carbocycles. The molecule has 1 aliphatic rings. The first-order valence-electron chi connectivity index (χ1n) is 7.76. The molecule has 2 aromatic rings. The lowest BCUT2D eigenvalue weighted by molar-refractivity contribution is -0.110. The Morgan fingerprint density at radius 2 is 1.73 bits per heavy atom. The molecule has 1 aliphatic heterocycles. The number of fused-ring (bicyclic) bond motifs is 1. The van der Waals surface area contributed by atoms with Crippen LogP contribution in [0.5, 0.6) is 0 Å². The highest BCUT2D eigenvalue weighted by Gasteiger charge is 2.27. The minimum Gasteiger partial charge on any atom is -0.478 e. The Labute approximate surface area is 149 Å². The van der Waals surface area contributed by atoms with E-state index >= 15 is 0 Å². The Bertz CT molecular complexity index is 945. The standard InChI is InChI=1S/C19H16N2O5/c1-10(20-13-6-3-11(4-7-13)18(23)24)16-14-9-12(19(25)26-2)5-8-15(14)21-17(16)22/h3-9,20H,1-2H3,(H,21,22)(H,23,24)/b16-10-. The van der Waals surface area contributed by atoms with Crippen LogP contribution in [0.25, 0.3) is 5.57 Å². The van der Waals surface area contributed by atoms with Crippen LogP contribution in [-0.2, 0) is 9.53 Å². The van der Waals surface area contributed by atoms with Gasteiger partial charge in [0.25, 0.3) is 5.91 Å². The van der Waals surface area contributed by atoms with Gasteiger partial charge in [0.2, 0.25) is 0 Å². The molecule has 0 aromatic heterocycles. The summed E-state index contributed by atoms with van der Waals surface area (Å²) in [4.78, 5) is 35.0. The summed E-state index contributed by atoms with van der Waals surface area (Å²) in [5.74, 6) is -1.78. The van der Waals surface area contributed by atoms with Gasteiger partial charge in [0, 0.05) is 22.6 Å². The van der Waals surface area contributed by atoms with Crippen molar-refractivity contribution in [2.24, 2.45) is 0 Å². The summed E-state index contributed by atoms with van der Waals surface area (Å²) in [6, 6.07) is 11.0. The monoisotopic (exact) mass is 352 g/mol. The van der Waals surface area contributed by atoms with Crippen LogP contribution in [0.15, 0.2) is 48.2 Å². The second-order valence-corrected chi connectivity index (χ2v) is 5.71. The van der Waals surface area contributed by atoms with E-state index < -0.39 is 11.9 Å². The number of methoxy groups -OCH3 is 1. The number of amides is 1. The number of carboxylic acid groups (broad SMARTS) is 1. The lowest BCUT2D eigenvalue weighted by Gasteiger charge is -2.10. The molecule has 0 saturated carbocycles. The molecule has 132 valence electrons. The summed E-state index contributed by atoms with van der Waals surface area (Å²) in [6.45, 7) is 1.74. The zero-order chi connectivity index (χ0) is 18.8. The summed E-state index contributed by atoms with van der Waals surface area (Å²) < 4.78 is 4.72. The van der Waals surface area contributed by atoms with Gasteiger partial charge >= 0.3 is 11.9 Å². The van der Waals surface area contributed by atoms with E-state index in [9.17, 15) is 14.4 Å². The Morgan fingerprint density at radius 3 is 2.35 bits per heavy atom. The molecule has 0 spiro atoms. The molecule has 0 fully saturated rings. The molecule has 0 bridgehead atoms. The molecular formula is C19H16N2O5. The van der Waals surface area contributed by atoms with Gasteiger partial charge in [0.05, 0.1) is 23.8 Å². The minimum atomic E-state index is -1.01. The van der Waals surface area contributed by atoms with Crippen LogP contribution < -0.4 is 10.6 Å². The number of esters is 1. The van der Waals surface area contributed by atoms with Gasteiger partial charge in [-0.25, -0.2) is 9.59 Å². The average molecular weight is 352 g/mol. The van der Waals surface area contributed by atoms with Gasteiger partial charge in [-0.1, -0.05) is 0 Å². The molecule has 7 nitrogen and oxygen atoms in total. The van der Waals surface area contributed by atoms with Crippen molar-refractivity contribution >= 4 is 34.8 Å². The third-order valence-electron chi connectivity index (χ3n) is 4.02. The number of hydrogen-bond acceptors (Lipinski definition) is 5. The highest BCUT2D eigenvalue weighted by Crippen LogP contribution is 2.35. The second kappa shape index (κ2) is 6.72. The van der Waals surface area contributed by atoms with E-state index in [0.717, 1.165) is 0 Å². The number of allylic oxidation sites excluding steroid dienone is 1. The Kier molecular flexibility index (Phi) is 4.45. The van der Waals surface area contributed by atoms with Crippen molar-refractivity contribution in [3.63, 3.8) is 0 Å². The third-order valence-corrected chi connectivity index (χ3v) is 4.02. The molecule has 1 heterocycles. The molecule has 0 atom stereocenters. The van der Waals surface area contributed by atoms with Gasteiger partial charge < -0.3 is 20.5 Å². The number of ether oxygens (including phenoxy) is 1. The molecule has 0 radical (unpaired) electrons. The molecule has 0 saturated heterocycles. The molecular weight excluding hydrogens is 336 g/mol. The number of anilines is 2. The summed E-state index contributed by atoms with van der Waals surface area (Å²) in [5, 5.41) is 14.8. The first-order valence-corrected chi connectivity index (χ1v) is 7.76. The van der Waals surface area contributed by atoms with E-state index in [1.807, 2.05) is 0 Å². The minimum absolute atomic E-state index is 0.174. The maximum Gasteiger partial charge on any atom is 0.337 e. The summed E-state index contributed by atoms with van der Waals surface area (Å²) in [6.07, 6.45) is 0. The molecule has 26 heavy (non-hydrogen) atoms. The van der Waals surface area contributed by atoms with Crippen molar-refractivity contribution in [2.75, 3.05) is 17.7 Å². The lowest BCUT2D eigenvalue weighted by atomic mass is 10.0. The predicted octanol–water partition coefficient (Wildman–Crippen LogP) is 2.97. The molecule has 0 unspecified atom stereocenters. The summed E-state index contributed by atoms with van der Waals surface area (Å²) in [7, 11) is 1.29. The number of carbonyl (C=O) groups is 3. The van der Waals surface area contributed by atoms with E-state index in [2.05, 4.69) is 10.6 Å². The maximum absolute atomic E-state index is 12.4. The van der Waals surface area contributed by atoms with E-state index in [0.29, 0.717) is 33.8 Å². The van der Waals surface area contributed by atoms with Crippen LogP contribution in [0.1, 0.15) is 33.2 Å².